The standard InChI is InChI=1S/C31H41N3O6S/c35-19-8-20-41(38,39)34-30(37)31(16-18-33-23-28(36)26-11-7-17-32-22-26)15-14-25(24-9-3-1-4-10-24)21-29(31)40-27-12-5-2-6-13-27/h1,3-4,7,9-11,14-15,17,21-22,27-29,33,35-36H,2,5-6,8,12-13,16,18-20,23H2,(H,34,37)/t28-,29?,31?/m0/s1. The van der Waals surface area contributed by atoms with Crippen molar-refractivity contribution < 1.29 is 28.2 Å². The first-order valence-corrected chi connectivity index (χ1v) is 16.0. The monoisotopic (exact) mass is 583 g/mol. The van der Waals surface area contributed by atoms with Crippen molar-refractivity contribution in [1.82, 2.24) is 15.0 Å². The van der Waals surface area contributed by atoms with Gasteiger partial charge in [0.15, 0.2) is 0 Å². The highest BCUT2D eigenvalue weighted by Gasteiger charge is 2.47. The highest BCUT2D eigenvalue weighted by Crippen LogP contribution is 2.40. The van der Waals surface area contributed by atoms with Crippen molar-refractivity contribution in [2.45, 2.75) is 63.3 Å². The molecule has 1 saturated carbocycles. The van der Waals surface area contributed by atoms with Crippen LogP contribution in [-0.4, -0.2) is 67.2 Å². The maximum Gasteiger partial charge on any atom is 0.246 e. The third-order valence-corrected chi connectivity index (χ3v) is 9.08. The van der Waals surface area contributed by atoms with E-state index < -0.39 is 33.6 Å². The number of rotatable bonds is 14. The van der Waals surface area contributed by atoms with E-state index in [1.165, 1.54) is 0 Å². The summed E-state index contributed by atoms with van der Waals surface area (Å²) < 4.78 is 34.5. The lowest BCUT2D eigenvalue weighted by Gasteiger charge is -2.40. The van der Waals surface area contributed by atoms with Crippen molar-refractivity contribution in [2.75, 3.05) is 25.4 Å². The zero-order valence-corrected chi connectivity index (χ0v) is 24.1. The van der Waals surface area contributed by atoms with Gasteiger partial charge in [-0.2, -0.15) is 0 Å². The summed E-state index contributed by atoms with van der Waals surface area (Å²) in [6.07, 6.45) is 12.6. The Hall–Kier alpha value is -2.89. The number of nitrogens with one attached hydrogen (secondary N) is 2. The fourth-order valence-corrected chi connectivity index (χ4v) is 6.49. The van der Waals surface area contributed by atoms with Crippen LogP contribution in [0.15, 0.2) is 73.1 Å². The largest absolute Gasteiger partial charge is 0.396 e. The van der Waals surface area contributed by atoms with Crippen LogP contribution in [-0.2, 0) is 19.6 Å². The number of pyridine rings is 1. The lowest BCUT2D eigenvalue weighted by Crippen LogP contribution is -2.53. The lowest BCUT2D eigenvalue weighted by molar-refractivity contribution is -0.137. The number of sulfonamides is 1. The van der Waals surface area contributed by atoms with E-state index in [-0.39, 0.29) is 37.9 Å². The third-order valence-electron chi connectivity index (χ3n) is 7.76. The fraction of sp³-hybridized carbons (Fsp3) is 0.484. The quantitative estimate of drug-likeness (QED) is 0.249. The first-order valence-electron chi connectivity index (χ1n) is 14.4. The molecule has 2 aliphatic rings. The number of hydrogen-bond donors (Lipinski definition) is 4. The zero-order valence-electron chi connectivity index (χ0n) is 23.3. The van der Waals surface area contributed by atoms with E-state index in [4.69, 9.17) is 9.84 Å². The van der Waals surface area contributed by atoms with E-state index in [0.29, 0.717) is 12.1 Å². The van der Waals surface area contributed by atoms with Gasteiger partial charge >= 0.3 is 0 Å². The number of aromatic nitrogens is 1. The van der Waals surface area contributed by atoms with Crippen LogP contribution in [0.2, 0.25) is 0 Å². The number of carbonyl (C=O) groups excluding carboxylic acids is 1. The van der Waals surface area contributed by atoms with E-state index in [1.807, 2.05) is 42.5 Å². The SMILES string of the molecule is O=C(NS(=O)(=O)CCCO)C1(CCNC[C@H](O)c2cccnc2)C=CC(c2ccccc2)=CC1OC1CCCCC1. The second-order valence-electron chi connectivity index (χ2n) is 10.8. The molecule has 1 heterocycles. The second kappa shape index (κ2) is 14.8. The number of nitrogens with zero attached hydrogens (tertiary/aromatic N) is 1. The molecule has 41 heavy (non-hydrogen) atoms. The summed E-state index contributed by atoms with van der Waals surface area (Å²) in [5.41, 5.74) is 1.24. The molecule has 222 valence electrons. The van der Waals surface area contributed by atoms with Gasteiger partial charge in [0.25, 0.3) is 0 Å². The summed E-state index contributed by atoms with van der Waals surface area (Å²) in [7, 11) is -3.97. The Bertz CT molecular complexity index is 1280. The molecule has 1 aromatic heterocycles. The van der Waals surface area contributed by atoms with Gasteiger partial charge < -0.3 is 20.3 Å². The van der Waals surface area contributed by atoms with E-state index in [0.717, 1.165) is 43.2 Å². The number of ether oxygens (including phenoxy) is 1. The van der Waals surface area contributed by atoms with E-state index in [9.17, 15) is 18.3 Å². The van der Waals surface area contributed by atoms with Crippen molar-refractivity contribution in [2.24, 2.45) is 5.41 Å². The maximum atomic E-state index is 13.9. The van der Waals surface area contributed by atoms with Crippen LogP contribution >= 0.6 is 0 Å². The summed E-state index contributed by atoms with van der Waals surface area (Å²) in [6, 6.07) is 13.4. The van der Waals surface area contributed by atoms with Gasteiger partial charge in [-0.25, -0.2) is 8.42 Å². The van der Waals surface area contributed by atoms with Crippen molar-refractivity contribution >= 4 is 21.5 Å². The molecule has 0 spiro atoms. The number of allylic oxidation sites excluding steroid dienone is 2. The number of benzene rings is 1. The van der Waals surface area contributed by atoms with E-state index in [1.54, 1.807) is 30.6 Å². The topological polar surface area (TPSA) is 138 Å². The molecule has 4 rings (SSSR count). The molecule has 1 amide bonds. The Kier molecular flexibility index (Phi) is 11.2. The Balaban J connectivity index is 1.60. The molecule has 0 saturated heterocycles. The summed E-state index contributed by atoms with van der Waals surface area (Å²) in [4.78, 5) is 18.0. The number of hydrogen-bond acceptors (Lipinski definition) is 8. The number of amides is 1. The summed E-state index contributed by atoms with van der Waals surface area (Å²) in [5.74, 6) is -1.02. The van der Waals surface area contributed by atoms with Gasteiger partial charge in [-0.15, -0.1) is 0 Å². The van der Waals surface area contributed by atoms with Gasteiger partial charge in [0.05, 0.1) is 29.5 Å². The van der Waals surface area contributed by atoms with Crippen LogP contribution in [0.25, 0.3) is 5.57 Å². The molecular formula is C31H41N3O6S. The molecule has 1 aromatic carbocycles. The minimum absolute atomic E-state index is 0.0271. The molecule has 2 unspecified atom stereocenters. The molecule has 4 N–H and O–H groups in total. The molecule has 1 fully saturated rings. The highest BCUT2D eigenvalue weighted by atomic mass is 32.2. The predicted molar refractivity (Wildman–Crippen MR) is 158 cm³/mol. The van der Waals surface area contributed by atoms with Gasteiger partial charge in [-0.3, -0.25) is 14.5 Å². The number of carbonyl (C=O) groups is 1. The third kappa shape index (κ3) is 8.56. The van der Waals surface area contributed by atoms with Crippen LogP contribution < -0.4 is 10.0 Å². The van der Waals surface area contributed by atoms with Gasteiger partial charge in [-0.05, 0) is 55.5 Å². The highest BCUT2D eigenvalue weighted by molar-refractivity contribution is 7.90. The van der Waals surface area contributed by atoms with Gasteiger partial charge in [-0.1, -0.05) is 67.8 Å². The predicted octanol–water partition coefficient (Wildman–Crippen LogP) is 3.28. The molecule has 0 aliphatic heterocycles. The molecule has 9 nitrogen and oxygen atoms in total. The maximum absolute atomic E-state index is 13.9. The van der Waals surface area contributed by atoms with Crippen molar-refractivity contribution in [3.05, 3.63) is 84.2 Å². The minimum atomic E-state index is -3.97. The van der Waals surface area contributed by atoms with E-state index in [2.05, 4.69) is 15.0 Å². The summed E-state index contributed by atoms with van der Waals surface area (Å²) >= 11 is 0. The first kappa shape index (κ1) is 31.1. The van der Waals surface area contributed by atoms with Crippen LogP contribution in [0, 0.1) is 5.41 Å². The Morgan fingerprint density at radius 1 is 1.12 bits per heavy atom. The van der Waals surface area contributed by atoms with Crippen LogP contribution in [0.5, 0.6) is 0 Å². The van der Waals surface area contributed by atoms with Gasteiger partial charge in [0, 0.05) is 31.1 Å². The molecule has 10 heteroatoms. The Labute approximate surface area is 242 Å². The van der Waals surface area contributed by atoms with Gasteiger partial charge in [0.2, 0.25) is 15.9 Å². The molecule has 2 aliphatic carbocycles. The molecule has 2 aromatic rings. The van der Waals surface area contributed by atoms with E-state index >= 15 is 0 Å². The smallest absolute Gasteiger partial charge is 0.246 e. The number of aliphatic hydroxyl groups is 2. The first-order chi connectivity index (χ1) is 19.8. The molecule has 0 bridgehead atoms. The average molecular weight is 584 g/mol. The average Bonchev–Trinajstić information content (AvgIpc) is 3.00. The van der Waals surface area contributed by atoms with Crippen molar-refractivity contribution in [1.29, 1.82) is 0 Å². The van der Waals surface area contributed by atoms with Crippen molar-refractivity contribution in [3.63, 3.8) is 0 Å². The summed E-state index contributed by atoms with van der Waals surface area (Å²) in [6.45, 7) is 0.270. The minimum Gasteiger partial charge on any atom is -0.396 e. The lowest BCUT2D eigenvalue weighted by atomic mass is 9.73. The normalized spacial score (nSPS) is 22.2. The molecular weight excluding hydrogens is 542 g/mol. The Morgan fingerprint density at radius 2 is 1.90 bits per heavy atom. The fourth-order valence-electron chi connectivity index (χ4n) is 5.40. The number of aliphatic hydroxyl groups excluding tert-OH is 2. The second-order valence-corrected chi connectivity index (χ2v) is 12.6. The Morgan fingerprint density at radius 3 is 2.61 bits per heavy atom. The van der Waals surface area contributed by atoms with Crippen molar-refractivity contribution in [3.8, 4) is 0 Å². The van der Waals surface area contributed by atoms with Crippen LogP contribution in [0.1, 0.15) is 62.2 Å². The van der Waals surface area contributed by atoms with Gasteiger partial charge in [0.1, 0.15) is 0 Å². The summed E-state index contributed by atoms with van der Waals surface area (Å²) in [5, 5.41) is 22.9. The van der Waals surface area contributed by atoms with Crippen LogP contribution in [0.3, 0.4) is 0 Å². The zero-order chi connectivity index (χ0) is 29.1. The van der Waals surface area contributed by atoms with Crippen LogP contribution in [0.4, 0.5) is 0 Å². The molecule has 3 atom stereocenters. The molecule has 0 radical (unpaired) electrons.